The summed E-state index contributed by atoms with van der Waals surface area (Å²) in [4.78, 5) is 12.5. The molecule has 0 atom stereocenters. The van der Waals surface area contributed by atoms with Crippen LogP contribution in [-0.4, -0.2) is 19.6 Å². The molecule has 0 spiro atoms. The Morgan fingerprint density at radius 3 is 2.48 bits per heavy atom. The molecular weight excluding hydrogens is 364 g/mol. The number of nitrogens with zero attached hydrogens (tertiary/aromatic N) is 1. The molecule has 29 heavy (non-hydrogen) atoms. The molecule has 0 aliphatic carbocycles. The summed E-state index contributed by atoms with van der Waals surface area (Å²) in [7, 11) is 1.56. The van der Waals surface area contributed by atoms with Gasteiger partial charge in [0.1, 0.15) is 11.6 Å². The lowest BCUT2D eigenvalue weighted by Gasteiger charge is -2.11. The third-order valence-corrected chi connectivity index (χ3v) is 4.45. The Hall–Kier alpha value is -3.26. The van der Waals surface area contributed by atoms with E-state index in [1.807, 2.05) is 30.3 Å². The molecule has 1 N–H and O–H groups in total. The van der Waals surface area contributed by atoms with Gasteiger partial charge in [0.15, 0.2) is 11.5 Å². The van der Waals surface area contributed by atoms with Crippen molar-refractivity contribution in [2.75, 3.05) is 19.0 Å². The molecule has 5 heteroatoms. The first-order valence-corrected chi connectivity index (χ1v) is 9.82. The van der Waals surface area contributed by atoms with E-state index in [9.17, 15) is 10.1 Å². The predicted molar refractivity (Wildman–Crippen MR) is 116 cm³/mol. The van der Waals surface area contributed by atoms with Crippen molar-refractivity contribution in [1.29, 1.82) is 5.26 Å². The zero-order valence-corrected chi connectivity index (χ0v) is 17.5. The number of anilines is 1. The molecule has 2 aromatic carbocycles. The second kappa shape index (κ2) is 10.9. The number of hydrogen-bond acceptors (Lipinski definition) is 4. The Bertz CT molecular complexity index is 893. The van der Waals surface area contributed by atoms with Gasteiger partial charge in [0.2, 0.25) is 0 Å². The van der Waals surface area contributed by atoms with Crippen molar-refractivity contribution in [2.45, 2.75) is 39.5 Å². The van der Waals surface area contributed by atoms with Gasteiger partial charge in [-0.1, -0.05) is 45.4 Å². The van der Waals surface area contributed by atoms with E-state index in [-0.39, 0.29) is 5.57 Å². The van der Waals surface area contributed by atoms with Crippen molar-refractivity contribution in [3.63, 3.8) is 0 Å². The molecule has 0 bridgehead atoms. The molecular formula is C24H28N2O3. The largest absolute Gasteiger partial charge is 0.493 e. The van der Waals surface area contributed by atoms with Crippen molar-refractivity contribution >= 4 is 17.7 Å². The van der Waals surface area contributed by atoms with Gasteiger partial charge in [0, 0.05) is 5.69 Å². The van der Waals surface area contributed by atoms with Crippen molar-refractivity contribution < 1.29 is 14.3 Å². The highest BCUT2D eigenvalue weighted by atomic mass is 16.5. The number of rotatable bonds is 9. The average Bonchev–Trinajstić information content (AvgIpc) is 2.73. The molecule has 0 saturated heterocycles. The van der Waals surface area contributed by atoms with Gasteiger partial charge >= 0.3 is 0 Å². The Kier molecular flexibility index (Phi) is 8.29. The lowest BCUT2D eigenvalue weighted by Crippen LogP contribution is -2.13. The minimum atomic E-state index is -0.452. The number of benzene rings is 2. The molecule has 0 aromatic heterocycles. The minimum Gasteiger partial charge on any atom is -0.493 e. The summed E-state index contributed by atoms with van der Waals surface area (Å²) in [6.07, 6.45) is 3.54. The number of methoxy groups -OCH3 is 1. The summed E-state index contributed by atoms with van der Waals surface area (Å²) >= 11 is 0. The average molecular weight is 392 g/mol. The summed E-state index contributed by atoms with van der Waals surface area (Å²) in [6, 6.07) is 14.9. The SMILES string of the molecule is CCCCOc1ccc(/C=C(\C#N)C(=O)Nc2ccc(C(C)C)cc2)cc1OC. The summed E-state index contributed by atoms with van der Waals surface area (Å²) in [5, 5.41) is 12.2. The quantitative estimate of drug-likeness (QED) is 0.345. The van der Waals surface area contributed by atoms with Crippen molar-refractivity contribution in [1.82, 2.24) is 0 Å². The molecule has 0 saturated carbocycles. The topological polar surface area (TPSA) is 71.3 Å². The number of unbranched alkanes of at least 4 members (excludes halogenated alkanes) is 1. The van der Waals surface area contributed by atoms with Gasteiger partial charge in [-0.2, -0.15) is 5.26 Å². The van der Waals surface area contributed by atoms with E-state index < -0.39 is 5.91 Å². The van der Waals surface area contributed by atoms with E-state index >= 15 is 0 Å². The number of carbonyl (C=O) groups is 1. The molecule has 0 aliphatic heterocycles. The fourth-order valence-corrected chi connectivity index (χ4v) is 2.68. The van der Waals surface area contributed by atoms with E-state index in [1.165, 1.54) is 11.6 Å². The fraction of sp³-hybridized carbons (Fsp3) is 0.333. The number of ether oxygens (including phenoxy) is 2. The molecule has 1 amide bonds. The van der Waals surface area contributed by atoms with Gasteiger partial charge < -0.3 is 14.8 Å². The molecule has 0 fully saturated rings. The van der Waals surface area contributed by atoms with Crippen molar-refractivity contribution in [3.8, 4) is 17.6 Å². The summed E-state index contributed by atoms with van der Waals surface area (Å²) < 4.78 is 11.1. The van der Waals surface area contributed by atoms with Gasteiger partial charge in [-0.3, -0.25) is 4.79 Å². The number of amides is 1. The normalized spacial score (nSPS) is 11.1. The van der Waals surface area contributed by atoms with Gasteiger partial charge in [0.05, 0.1) is 13.7 Å². The van der Waals surface area contributed by atoms with Crippen LogP contribution in [0.5, 0.6) is 11.5 Å². The first kappa shape index (κ1) is 22.0. The van der Waals surface area contributed by atoms with E-state index in [2.05, 4.69) is 26.1 Å². The smallest absolute Gasteiger partial charge is 0.266 e. The van der Waals surface area contributed by atoms with Crippen LogP contribution in [0.15, 0.2) is 48.0 Å². The number of nitrogens with one attached hydrogen (secondary N) is 1. The number of hydrogen-bond donors (Lipinski definition) is 1. The highest BCUT2D eigenvalue weighted by molar-refractivity contribution is 6.09. The summed E-state index contributed by atoms with van der Waals surface area (Å²) in [5.74, 6) is 1.17. The first-order valence-electron chi connectivity index (χ1n) is 9.82. The highest BCUT2D eigenvalue weighted by Gasteiger charge is 2.11. The van der Waals surface area contributed by atoms with Crippen LogP contribution in [0, 0.1) is 11.3 Å². The van der Waals surface area contributed by atoms with Crippen molar-refractivity contribution in [3.05, 3.63) is 59.2 Å². The Labute approximate surface area is 173 Å². The first-order chi connectivity index (χ1) is 14.0. The van der Waals surface area contributed by atoms with Crippen LogP contribution < -0.4 is 14.8 Å². The second-order valence-electron chi connectivity index (χ2n) is 7.01. The van der Waals surface area contributed by atoms with Crippen LogP contribution in [0.25, 0.3) is 6.08 Å². The standard InChI is InChI=1S/C24H28N2O3/c1-5-6-13-29-22-12-7-18(15-23(22)28-4)14-20(16-25)24(27)26-21-10-8-19(9-11-21)17(2)3/h7-12,14-15,17H,5-6,13H2,1-4H3,(H,26,27)/b20-14+. The maximum absolute atomic E-state index is 12.5. The van der Waals surface area contributed by atoms with Gasteiger partial charge in [-0.25, -0.2) is 0 Å². The van der Waals surface area contributed by atoms with Crippen molar-refractivity contribution in [2.24, 2.45) is 0 Å². The van der Waals surface area contributed by atoms with Gasteiger partial charge in [0.25, 0.3) is 5.91 Å². The molecule has 152 valence electrons. The molecule has 0 radical (unpaired) electrons. The Morgan fingerprint density at radius 1 is 1.17 bits per heavy atom. The number of carbonyl (C=O) groups excluding carboxylic acids is 1. The number of nitriles is 1. The lowest BCUT2D eigenvalue weighted by atomic mass is 10.0. The molecule has 2 rings (SSSR count). The van der Waals surface area contributed by atoms with Crippen LogP contribution in [0.3, 0.4) is 0 Å². The van der Waals surface area contributed by atoms with E-state index in [4.69, 9.17) is 9.47 Å². The Balaban J connectivity index is 2.15. The third-order valence-electron chi connectivity index (χ3n) is 4.45. The molecule has 5 nitrogen and oxygen atoms in total. The van der Waals surface area contributed by atoms with E-state index in [1.54, 1.807) is 25.3 Å². The summed E-state index contributed by atoms with van der Waals surface area (Å²) in [6.45, 7) is 6.93. The van der Waals surface area contributed by atoms with Crippen LogP contribution in [-0.2, 0) is 4.79 Å². The third kappa shape index (κ3) is 6.39. The zero-order valence-electron chi connectivity index (χ0n) is 17.5. The maximum atomic E-state index is 12.5. The Morgan fingerprint density at radius 2 is 1.90 bits per heavy atom. The second-order valence-corrected chi connectivity index (χ2v) is 7.01. The zero-order chi connectivity index (χ0) is 21.2. The monoisotopic (exact) mass is 392 g/mol. The van der Waals surface area contributed by atoms with Crippen LogP contribution >= 0.6 is 0 Å². The van der Waals surface area contributed by atoms with Crippen LogP contribution in [0.4, 0.5) is 5.69 Å². The van der Waals surface area contributed by atoms with Crippen LogP contribution in [0.1, 0.15) is 50.7 Å². The van der Waals surface area contributed by atoms with E-state index in [0.717, 1.165) is 12.8 Å². The molecule has 2 aromatic rings. The maximum Gasteiger partial charge on any atom is 0.266 e. The molecule has 0 heterocycles. The summed E-state index contributed by atoms with van der Waals surface area (Å²) in [5.41, 5.74) is 2.54. The molecule has 0 unspecified atom stereocenters. The fourth-order valence-electron chi connectivity index (χ4n) is 2.68. The van der Waals surface area contributed by atoms with E-state index in [0.29, 0.717) is 35.3 Å². The highest BCUT2D eigenvalue weighted by Crippen LogP contribution is 2.29. The molecule has 0 aliphatic rings. The minimum absolute atomic E-state index is 0.0136. The van der Waals surface area contributed by atoms with Crippen LogP contribution in [0.2, 0.25) is 0 Å². The van der Waals surface area contributed by atoms with Gasteiger partial charge in [-0.05, 0) is 53.8 Å². The van der Waals surface area contributed by atoms with Gasteiger partial charge in [-0.15, -0.1) is 0 Å². The lowest BCUT2D eigenvalue weighted by molar-refractivity contribution is -0.112. The predicted octanol–water partition coefficient (Wildman–Crippen LogP) is 5.54.